The van der Waals surface area contributed by atoms with E-state index in [2.05, 4.69) is 10.6 Å². The molecule has 0 aliphatic carbocycles. The van der Waals surface area contributed by atoms with Crippen molar-refractivity contribution >= 4 is 17.5 Å². The van der Waals surface area contributed by atoms with E-state index in [0.29, 0.717) is 17.2 Å². The molecule has 2 aromatic rings. The molecule has 0 radical (unpaired) electrons. The minimum Gasteiger partial charge on any atom is -0.454 e. The number of benzene rings is 2. The highest BCUT2D eigenvalue weighted by molar-refractivity contribution is 6.39. The molecule has 0 saturated heterocycles. The highest BCUT2D eigenvalue weighted by Crippen LogP contribution is 2.34. The second-order valence-corrected chi connectivity index (χ2v) is 4.91. The number of carbonyl (C=O) groups is 2. The van der Waals surface area contributed by atoms with Gasteiger partial charge in [0.15, 0.2) is 11.5 Å². The summed E-state index contributed by atoms with van der Waals surface area (Å²) >= 11 is 0. The van der Waals surface area contributed by atoms with E-state index in [0.717, 1.165) is 12.1 Å². The molecule has 0 bridgehead atoms. The number of carbonyl (C=O) groups excluding carboxylic acids is 2. The van der Waals surface area contributed by atoms with Gasteiger partial charge in [0.05, 0.1) is 0 Å². The van der Waals surface area contributed by atoms with Crippen molar-refractivity contribution in [1.29, 1.82) is 0 Å². The van der Waals surface area contributed by atoms with Gasteiger partial charge in [-0.25, -0.2) is 8.78 Å². The molecule has 2 amide bonds. The molecule has 0 spiro atoms. The fraction of sp³-hybridized carbons (Fsp3) is 0.125. The van der Waals surface area contributed by atoms with Crippen molar-refractivity contribution in [3.8, 4) is 11.5 Å². The van der Waals surface area contributed by atoms with Crippen LogP contribution in [0.5, 0.6) is 11.5 Å². The average molecular weight is 334 g/mol. The topological polar surface area (TPSA) is 76.7 Å². The number of rotatable bonds is 3. The first-order chi connectivity index (χ1) is 11.5. The fourth-order valence-electron chi connectivity index (χ4n) is 2.11. The molecule has 24 heavy (non-hydrogen) atoms. The molecule has 0 saturated carbocycles. The molecule has 0 fully saturated rings. The standard InChI is InChI=1S/C16H12F2N2O4/c17-11-2-1-3-12(18)10(11)7-19-15(21)16(22)20-9-4-5-13-14(6-9)24-8-23-13/h1-6H,7-8H2,(H,19,21)(H,20,22). The Morgan fingerprint density at radius 2 is 1.71 bits per heavy atom. The van der Waals surface area contributed by atoms with Crippen LogP contribution < -0.4 is 20.1 Å². The lowest BCUT2D eigenvalue weighted by Crippen LogP contribution is -2.35. The maximum Gasteiger partial charge on any atom is 0.313 e. The SMILES string of the molecule is O=C(NCc1c(F)cccc1F)C(=O)Nc1ccc2c(c1)OCO2. The monoisotopic (exact) mass is 334 g/mol. The smallest absolute Gasteiger partial charge is 0.313 e. The van der Waals surface area contributed by atoms with Crippen molar-refractivity contribution in [2.45, 2.75) is 6.54 Å². The van der Waals surface area contributed by atoms with E-state index in [1.165, 1.54) is 18.2 Å². The van der Waals surface area contributed by atoms with E-state index in [9.17, 15) is 18.4 Å². The number of anilines is 1. The number of hydrogen-bond donors (Lipinski definition) is 2. The number of nitrogens with one attached hydrogen (secondary N) is 2. The molecule has 2 N–H and O–H groups in total. The predicted molar refractivity (Wildman–Crippen MR) is 79.4 cm³/mol. The minimum absolute atomic E-state index is 0.0847. The zero-order valence-electron chi connectivity index (χ0n) is 12.3. The Morgan fingerprint density at radius 1 is 1.00 bits per heavy atom. The molecule has 0 atom stereocenters. The molecule has 3 rings (SSSR count). The van der Waals surface area contributed by atoms with Crippen molar-refractivity contribution in [2.75, 3.05) is 12.1 Å². The van der Waals surface area contributed by atoms with E-state index in [-0.39, 0.29) is 12.4 Å². The lowest BCUT2D eigenvalue weighted by molar-refractivity contribution is -0.136. The Bertz CT molecular complexity index is 790. The Morgan fingerprint density at radius 3 is 2.46 bits per heavy atom. The lowest BCUT2D eigenvalue weighted by Gasteiger charge is -2.08. The van der Waals surface area contributed by atoms with Gasteiger partial charge in [0.1, 0.15) is 11.6 Å². The summed E-state index contributed by atoms with van der Waals surface area (Å²) in [5.41, 5.74) is 0.0122. The second-order valence-electron chi connectivity index (χ2n) is 4.91. The summed E-state index contributed by atoms with van der Waals surface area (Å²) in [4.78, 5) is 23.6. The molecular formula is C16H12F2N2O4. The summed E-state index contributed by atoms with van der Waals surface area (Å²) in [6, 6.07) is 7.97. The summed E-state index contributed by atoms with van der Waals surface area (Å²) in [5, 5.41) is 4.53. The molecule has 1 aliphatic heterocycles. The Kier molecular flexibility index (Phi) is 4.28. The van der Waals surface area contributed by atoms with E-state index >= 15 is 0 Å². The Balaban J connectivity index is 1.60. The maximum absolute atomic E-state index is 13.5. The van der Waals surface area contributed by atoms with Crippen LogP contribution in [-0.2, 0) is 16.1 Å². The van der Waals surface area contributed by atoms with Crippen LogP contribution in [0.3, 0.4) is 0 Å². The molecule has 1 aliphatic rings. The second kappa shape index (κ2) is 6.53. The van der Waals surface area contributed by atoms with Crippen molar-refractivity contribution < 1.29 is 27.8 Å². The van der Waals surface area contributed by atoms with Crippen LogP contribution in [0.4, 0.5) is 14.5 Å². The number of halogens is 2. The van der Waals surface area contributed by atoms with Crippen LogP contribution >= 0.6 is 0 Å². The van der Waals surface area contributed by atoms with Gasteiger partial charge < -0.3 is 20.1 Å². The molecule has 1 heterocycles. The van der Waals surface area contributed by atoms with Gasteiger partial charge in [-0.2, -0.15) is 0 Å². The van der Waals surface area contributed by atoms with Crippen LogP contribution in [0.15, 0.2) is 36.4 Å². The highest BCUT2D eigenvalue weighted by atomic mass is 19.1. The lowest BCUT2D eigenvalue weighted by atomic mass is 10.2. The van der Waals surface area contributed by atoms with E-state index in [1.807, 2.05) is 0 Å². The Hall–Kier alpha value is -3.16. The van der Waals surface area contributed by atoms with Crippen molar-refractivity contribution in [3.05, 3.63) is 53.6 Å². The molecule has 2 aromatic carbocycles. The minimum atomic E-state index is -1.02. The first-order valence-electron chi connectivity index (χ1n) is 6.96. The van der Waals surface area contributed by atoms with Gasteiger partial charge in [-0.05, 0) is 24.3 Å². The first-order valence-corrected chi connectivity index (χ1v) is 6.96. The van der Waals surface area contributed by atoms with Crippen LogP contribution in [0.1, 0.15) is 5.56 Å². The van der Waals surface area contributed by atoms with Gasteiger partial charge in [0, 0.05) is 23.9 Å². The van der Waals surface area contributed by atoms with Gasteiger partial charge in [-0.3, -0.25) is 9.59 Å². The summed E-state index contributed by atoms with van der Waals surface area (Å²) in [6.07, 6.45) is 0. The molecular weight excluding hydrogens is 322 g/mol. The molecule has 0 unspecified atom stereocenters. The van der Waals surface area contributed by atoms with E-state index in [4.69, 9.17) is 9.47 Å². The number of hydrogen-bond acceptors (Lipinski definition) is 4. The van der Waals surface area contributed by atoms with Crippen molar-refractivity contribution in [1.82, 2.24) is 5.32 Å². The third-order valence-corrected chi connectivity index (χ3v) is 3.32. The highest BCUT2D eigenvalue weighted by Gasteiger charge is 2.18. The van der Waals surface area contributed by atoms with Gasteiger partial charge in [0.2, 0.25) is 6.79 Å². The molecule has 0 aromatic heterocycles. The molecule has 124 valence electrons. The maximum atomic E-state index is 13.5. The van der Waals surface area contributed by atoms with Crippen molar-refractivity contribution in [2.24, 2.45) is 0 Å². The third kappa shape index (κ3) is 3.27. The fourth-order valence-corrected chi connectivity index (χ4v) is 2.11. The van der Waals surface area contributed by atoms with Gasteiger partial charge in [-0.1, -0.05) is 6.07 Å². The largest absolute Gasteiger partial charge is 0.454 e. The summed E-state index contributed by atoms with van der Waals surface area (Å²) < 4.78 is 37.2. The zero-order chi connectivity index (χ0) is 17.1. The van der Waals surface area contributed by atoms with Gasteiger partial charge in [-0.15, -0.1) is 0 Å². The van der Waals surface area contributed by atoms with E-state index < -0.39 is 30.0 Å². The van der Waals surface area contributed by atoms with E-state index in [1.54, 1.807) is 6.07 Å². The summed E-state index contributed by atoms with van der Waals surface area (Å²) in [7, 11) is 0. The van der Waals surface area contributed by atoms with Crippen LogP contribution in [0, 0.1) is 11.6 Å². The normalized spacial score (nSPS) is 11.9. The van der Waals surface area contributed by atoms with Crippen LogP contribution in [-0.4, -0.2) is 18.6 Å². The van der Waals surface area contributed by atoms with Gasteiger partial charge in [0.25, 0.3) is 0 Å². The Labute approximate surface area is 135 Å². The third-order valence-electron chi connectivity index (χ3n) is 3.32. The number of fused-ring (bicyclic) bond motifs is 1. The summed E-state index contributed by atoms with van der Waals surface area (Å²) in [6.45, 7) is -0.354. The first kappa shape index (κ1) is 15.7. The average Bonchev–Trinajstić information content (AvgIpc) is 3.01. The zero-order valence-corrected chi connectivity index (χ0v) is 12.3. The number of ether oxygens (including phenoxy) is 2. The predicted octanol–water partition coefficient (Wildman–Crippen LogP) is 1.95. The summed E-state index contributed by atoms with van der Waals surface area (Å²) in [5.74, 6) is -2.60. The van der Waals surface area contributed by atoms with Crippen LogP contribution in [0.25, 0.3) is 0 Å². The molecule has 6 nitrogen and oxygen atoms in total. The number of amides is 2. The van der Waals surface area contributed by atoms with Crippen LogP contribution in [0.2, 0.25) is 0 Å². The quantitative estimate of drug-likeness (QED) is 0.841. The molecule has 8 heteroatoms. The van der Waals surface area contributed by atoms with Crippen molar-refractivity contribution in [3.63, 3.8) is 0 Å². The van der Waals surface area contributed by atoms with Gasteiger partial charge >= 0.3 is 11.8 Å².